The summed E-state index contributed by atoms with van der Waals surface area (Å²) in [5.41, 5.74) is 12.3. The first-order chi connectivity index (χ1) is 17.8. The second kappa shape index (κ2) is 9.37. The third kappa shape index (κ3) is 3.48. The SMILES string of the molecule is C1=CC(c2ccc3c(c2)C2(Cc4ccccc4SCc4ccccc42)c2ccccc2-3)=CCN1.C=C. The number of nitrogens with one attached hydrogen (secondary N) is 1. The Labute approximate surface area is 218 Å². The second-order valence-corrected chi connectivity index (χ2v) is 10.4. The number of allylic oxidation sites excluding steroid dienone is 2. The molecule has 176 valence electrons. The van der Waals surface area contributed by atoms with Gasteiger partial charge in [-0.15, -0.1) is 24.9 Å². The molecule has 2 aliphatic heterocycles. The third-order valence-corrected chi connectivity index (χ3v) is 8.76. The molecule has 1 spiro atoms. The van der Waals surface area contributed by atoms with Crippen molar-refractivity contribution in [3.8, 4) is 11.1 Å². The van der Waals surface area contributed by atoms with E-state index in [0.717, 1.165) is 18.7 Å². The molecule has 0 radical (unpaired) electrons. The molecule has 4 aromatic carbocycles. The lowest BCUT2D eigenvalue weighted by molar-refractivity contribution is 0.616. The van der Waals surface area contributed by atoms with Crippen molar-refractivity contribution in [2.45, 2.75) is 22.5 Å². The molecule has 0 amide bonds. The smallest absolute Gasteiger partial charge is 0.0507 e. The molecule has 1 aliphatic carbocycles. The molecule has 0 saturated heterocycles. The summed E-state index contributed by atoms with van der Waals surface area (Å²) in [6.45, 7) is 6.88. The predicted octanol–water partition coefficient (Wildman–Crippen LogP) is 8.15. The van der Waals surface area contributed by atoms with Gasteiger partial charge in [0.25, 0.3) is 0 Å². The molecule has 2 heterocycles. The molecule has 36 heavy (non-hydrogen) atoms. The molecule has 7 rings (SSSR count). The summed E-state index contributed by atoms with van der Waals surface area (Å²) in [6.07, 6.45) is 7.51. The van der Waals surface area contributed by atoms with Crippen LogP contribution in [0, 0.1) is 0 Å². The maximum atomic E-state index is 3.29. The van der Waals surface area contributed by atoms with Gasteiger partial charge >= 0.3 is 0 Å². The van der Waals surface area contributed by atoms with Crippen LogP contribution in [-0.4, -0.2) is 6.54 Å². The van der Waals surface area contributed by atoms with Gasteiger partial charge in [-0.05, 0) is 80.9 Å². The minimum absolute atomic E-state index is 0.202. The first kappa shape index (κ1) is 22.7. The van der Waals surface area contributed by atoms with Gasteiger partial charge in [0, 0.05) is 17.2 Å². The number of thioether (sulfide) groups is 1. The van der Waals surface area contributed by atoms with E-state index < -0.39 is 0 Å². The third-order valence-electron chi connectivity index (χ3n) is 7.60. The lowest BCUT2D eigenvalue weighted by atomic mass is 9.67. The largest absolute Gasteiger partial charge is 0.387 e. The minimum atomic E-state index is -0.202. The molecule has 0 aromatic heterocycles. The Morgan fingerprint density at radius 1 is 0.722 bits per heavy atom. The topological polar surface area (TPSA) is 12.0 Å². The monoisotopic (exact) mass is 483 g/mol. The Kier molecular flexibility index (Phi) is 5.91. The highest BCUT2D eigenvalue weighted by Gasteiger charge is 2.46. The standard InChI is InChI=1S/C32H25NS.C2H4/c1-4-10-28-25(8-1)21-34-31-12-6-2-7-24(31)20-32(28)29-11-5-3-9-26(29)27-14-13-23(19-30(27)32)22-15-17-33-18-16-22;1-2/h1-17,19,33H,18,20-21H2;1-2H2. The van der Waals surface area contributed by atoms with E-state index in [9.17, 15) is 0 Å². The van der Waals surface area contributed by atoms with E-state index in [0.29, 0.717) is 0 Å². The Bertz CT molecular complexity index is 1510. The van der Waals surface area contributed by atoms with Gasteiger partial charge in [-0.1, -0.05) is 84.9 Å². The number of dihydropyridines is 1. The van der Waals surface area contributed by atoms with Crippen LogP contribution in [0.2, 0.25) is 0 Å². The maximum absolute atomic E-state index is 3.29. The summed E-state index contributed by atoms with van der Waals surface area (Å²) in [7, 11) is 0. The van der Waals surface area contributed by atoms with Crippen molar-refractivity contribution in [3.63, 3.8) is 0 Å². The maximum Gasteiger partial charge on any atom is 0.0507 e. The Hall–Kier alpha value is -3.75. The van der Waals surface area contributed by atoms with E-state index in [1.165, 1.54) is 55.0 Å². The van der Waals surface area contributed by atoms with Gasteiger partial charge in [-0.3, -0.25) is 0 Å². The van der Waals surface area contributed by atoms with Gasteiger partial charge in [-0.25, -0.2) is 0 Å². The number of fused-ring (bicyclic) bond motifs is 8. The highest BCUT2D eigenvalue weighted by Crippen LogP contribution is 2.56. The van der Waals surface area contributed by atoms with Gasteiger partial charge in [0.15, 0.2) is 0 Å². The van der Waals surface area contributed by atoms with Crippen LogP contribution < -0.4 is 5.32 Å². The van der Waals surface area contributed by atoms with Crippen LogP contribution >= 0.6 is 11.8 Å². The van der Waals surface area contributed by atoms with Crippen molar-refractivity contribution in [2.24, 2.45) is 0 Å². The summed E-state index contributed by atoms with van der Waals surface area (Å²) >= 11 is 1.97. The summed E-state index contributed by atoms with van der Waals surface area (Å²) in [5.74, 6) is 0.992. The van der Waals surface area contributed by atoms with Crippen LogP contribution in [0.5, 0.6) is 0 Å². The van der Waals surface area contributed by atoms with Crippen LogP contribution in [0.15, 0.2) is 127 Å². The van der Waals surface area contributed by atoms with Crippen LogP contribution in [0.4, 0.5) is 0 Å². The molecule has 0 bridgehead atoms. The first-order valence-electron chi connectivity index (χ1n) is 12.5. The van der Waals surface area contributed by atoms with E-state index in [1.54, 1.807) is 0 Å². The number of rotatable bonds is 1. The lowest BCUT2D eigenvalue weighted by Gasteiger charge is -2.37. The predicted molar refractivity (Wildman–Crippen MR) is 154 cm³/mol. The lowest BCUT2D eigenvalue weighted by Crippen LogP contribution is -2.32. The highest BCUT2D eigenvalue weighted by atomic mass is 32.2. The summed E-state index contributed by atoms with van der Waals surface area (Å²) < 4.78 is 0. The number of hydrogen-bond donors (Lipinski definition) is 1. The molecule has 1 N–H and O–H groups in total. The van der Waals surface area contributed by atoms with Gasteiger partial charge < -0.3 is 5.32 Å². The summed E-state index contributed by atoms with van der Waals surface area (Å²) in [5, 5.41) is 3.29. The van der Waals surface area contributed by atoms with Gasteiger partial charge in [0.2, 0.25) is 0 Å². The van der Waals surface area contributed by atoms with Crippen molar-refractivity contribution in [1.29, 1.82) is 0 Å². The molecule has 1 unspecified atom stereocenters. The molecule has 1 nitrogen and oxygen atoms in total. The Morgan fingerprint density at radius 3 is 2.28 bits per heavy atom. The van der Waals surface area contributed by atoms with E-state index in [-0.39, 0.29) is 5.41 Å². The summed E-state index contributed by atoms with van der Waals surface area (Å²) in [4.78, 5) is 1.41. The average Bonchev–Trinajstić information content (AvgIpc) is 3.23. The average molecular weight is 484 g/mol. The number of hydrogen-bond acceptors (Lipinski definition) is 2. The zero-order valence-electron chi connectivity index (χ0n) is 20.3. The molecule has 4 aromatic rings. The van der Waals surface area contributed by atoms with Crippen molar-refractivity contribution in [1.82, 2.24) is 5.32 Å². The molecule has 1 atom stereocenters. The van der Waals surface area contributed by atoms with Crippen LogP contribution in [0.25, 0.3) is 16.7 Å². The molecule has 3 aliphatic rings. The van der Waals surface area contributed by atoms with Gasteiger partial charge in [-0.2, -0.15) is 0 Å². The van der Waals surface area contributed by atoms with Crippen molar-refractivity contribution >= 4 is 17.3 Å². The molecule has 0 fully saturated rings. The fourth-order valence-corrected chi connectivity index (χ4v) is 7.15. The van der Waals surface area contributed by atoms with Crippen molar-refractivity contribution < 1.29 is 0 Å². The Morgan fingerprint density at radius 2 is 1.44 bits per heavy atom. The molecule has 0 saturated carbocycles. The minimum Gasteiger partial charge on any atom is -0.387 e. The molecular weight excluding hydrogens is 454 g/mol. The van der Waals surface area contributed by atoms with E-state index >= 15 is 0 Å². The van der Waals surface area contributed by atoms with Crippen molar-refractivity contribution in [2.75, 3.05) is 6.54 Å². The van der Waals surface area contributed by atoms with Crippen LogP contribution in [0.1, 0.15) is 33.4 Å². The van der Waals surface area contributed by atoms with E-state index in [2.05, 4.69) is 128 Å². The quantitative estimate of drug-likeness (QED) is 0.274. The molecular formula is C34H29NS. The highest BCUT2D eigenvalue weighted by molar-refractivity contribution is 7.98. The van der Waals surface area contributed by atoms with Gasteiger partial charge in [0.05, 0.1) is 5.41 Å². The summed E-state index contributed by atoms with van der Waals surface area (Å²) in [6, 6.07) is 34.4. The fraction of sp³-hybridized carbons (Fsp3) is 0.118. The molecule has 2 heteroatoms. The van der Waals surface area contributed by atoms with Crippen LogP contribution in [-0.2, 0) is 17.6 Å². The zero-order valence-corrected chi connectivity index (χ0v) is 21.2. The van der Waals surface area contributed by atoms with E-state index in [1.807, 2.05) is 11.8 Å². The first-order valence-corrected chi connectivity index (χ1v) is 13.5. The zero-order chi connectivity index (χ0) is 24.5. The van der Waals surface area contributed by atoms with Crippen molar-refractivity contribution in [3.05, 3.63) is 156 Å². The van der Waals surface area contributed by atoms with Crippen LogP contribution in [0.3, 0.4) is 0 Å². The second-order valence-electron chi connectivity index (χ2n) is 9.34. The number of benzene rings is 4. The van der Waals surface area contributed by atoms with Gasteiger partial charge in [0.1, 0.15) is 0 Å². The Balaban J connectivity index is 0.00000117. The normalized spacial score (nSPS) is 18.7. The fourth-order valence-electron chi connectivity index (χ4n) is 6.08. The van der Waals surface area contributed by atoms with E-state index in [4.69, 9.17) is 0 Å².